The molecule has 0 atom stereocenters. The van der Waals surface area contributed by atoms with Crippen molar-refractivity contribution in [1.29, 1.82) is 0 Å². The summed E-state index contributed by atoms with van der Waals surface area (Å²) in [6.45, 7) is 1.43. The molecule has 1 heterocycles. The number of alkyl halides is 7. The Labute approximate surface area is 204 Å². The van der Waals surface area contributed by atoms with Crippen LogP contribution in [0.1, 0.15) is 40.3 Å². The van der Waals surface area contributed by atoms with Crippen LogP contribution in [0.4, 0.5) is 30.7 Å². The number of rotatable bonds is 5. The van der Waals surface area contributed by atoms with E-state index in [9.17, 15) is 40.3 Å². The second kappa shape index (κ2) is 9.20. The Bertz CT molecular complexity index is 1400. The van der Waals surface area contributed by atoms with Gasteiger partial charge in [-0.1, -0.05) is 36.4 Å². The number of hydrogen-bond acceptors (Lipinski definition) is 5. The lowest BCUT2D eigenvalue weighted by Crippen LogP contribution is -2.58. The number of hydrazone groups is 1. The third-order valence-corrected chi connectivity index (χ3v) is 5.79. The number of aryl methyl sites for hydroxylation is 1. The van der Waals surface area contributed by atoms with Gasteiger partial charge in [0.05, 0.1) is 5.71 Å². The largest absolute Gasteiger partial charge is 0.460 e. The molecule has 0 radical (unpaired) electrons. The van der Waals surface area contributed by atoms with Gasteiger partial charge in [-0.25, -0.2) is 10.2 Å². The summed E-state index contributed by atoms with van der Waals surface area (Å²) in [4.78, 5) is 24.5. The summed E-state index contributed by atoms with van der Waals surface area (Å²) < 4.78 is 102. The van der Waals surface area contributed by atoms with Gasteiger partial charge in [0.2, 0.25) is 5.76 Å². The molecule has 13 heteroatoms. The molecule has 0 spiro atoms. The lowest BCUT2D eigenvalue weighted by Gasteiger charge is -2.26. The van der Waals surface area contributed by atoms with Gasteiger partial charge in [0, 0.05) is 22.9 Å². The van der Waals surface area contributed by atoms with Crippen molar-refractivity contribution in [3.63, 3.8) is 0 Å². The van der Waals surface area contributed by atoms with Gasteiger partial charge in [-0.3, -0.25) is 4.79 Å². The summed E-state index contributed by atoms with van der Waals surface area (Å²) in [5.41, 5.74) is 1.27. The number of carbonyl (C=O) groups is 2. The van der Waals surface area contributed by atoms with E-state index in [0.717, 1.165) is 10.8 Å². The SMILES string of the molecule is Cc1c(C(=O)Oc2cccc3ccccc23)oc2c1/C(=N/NC(=O)C(F)(F)C(F)(F)C(F)(F)F)CCC2. The predicted octanol–water partition coefficient (Wildman–Crippen LogP) is 5.95. The fraction of sp³-hybridized carbons (Fsp3) is 0.292. The van der Waals surface area contributed by atoms with Gasteiger partial charge in [0.25, 0.3) is 0 Å². The van der Waals surface area contributed by atoms with E-state index < -0.39 is 29.9 Å². The first kappa shape index (κ1) is 26.2. The molecule has 0 unspecified atom stereocenters. The summed E-state index contributed by atoms with van der Waals surface area (Å²) in [5, 5.41) is 4.82. The number of ether oxygens (including phenoxy) is 1. The van der Waals surface area contributed by atoms with Crippen LogP contribution in [-0.2, 0) is 11.2 Å². The summed E-state index contributed by atoms with van der Waals surface area (Å²) in [7, 11) is 0. The highest BCUT2D eigenvalue weighted by atomic mass is 19.4. The lowest BCUT2D eigenvalue weighted by atomic mass is 9.93. The minimum absolute atomic E-state index is 0.0344. The molecule has 6 nitrogen and oxygen atoms in total. The molecule has 1 N–H and O–H groups in total. The number of fused-ring (bicyclic) bond motifs is 2. The van der Waals surface area contributed by atoms with Crippen molar-refractivity contribution in [3.05, 3.63) is 65.1 Å². The van der Waals surface area contributed by atoms with Crippen LogP contribution in [0.15, 0.2) is 52.0 Å². The van der Waals surface area contributed by atoms with E-state index in [1.165, 1.54) is 6.92 Å². The molecule has 3 aromatic rings. The van der Waals surface area contributed by atoms with E-state index in [1.54, 1.807) is 30.3 Å². The van der Waals surface area contributed by atoms with Crippen molar-refractivity contribution in [2.24, 2.45) is 5.10 Å². The number of halogens is 7. The van der Waals surface area contributed by atoms with Crippen molar-refractivity contribution in [2.45, 2.75) is 44.2 Å². The normalized spacial score (nSPS) is 15.5. The predicted molar refractivity (Wildman–Crippen MR) is 116 cm³/mol. The standard InChI is InChI=1S/C24H17F7N2O4/c1-12-18-15(32-33-21(35)22(25,26)23(27,28)24(29,30)31)9-5-11-17(18)36-19(12)20(34)37-16-10-4-7-13-6-2-3-8-14(13)16/h2-4,6-8,10H,5,9,11H2,1H3,(H,33,35)/b32-15+. The third kappa shape index (κ3) is 4.53. The molecular weight excluding hydrogens is 513 g/mol. The molecule has 0 saturated carbocycles. The van der Waals surface area contributed by atoms with Crippen LogP contribution in [0, 0.1) is 6.92 Å². The van der Waals surface area contributed by atoms with E-state index >= 15 is 0 Å². The van der Waals surface area contributed by atoms with Crippen LogP contribution in [-0.4, -0.2) is 35.6 Å². The van der Waals surface area contributed by atoms with E-state index in [1.807, 2.05) is 12.1 Å². The highest BCUT2D eigenvalue weighted by Crippen LogP contribution is 2.46. The highest BCUT2D eigenvalue weighted by Gasteiger charge is 2.76. The molecule has 1 aromatic heterocycles. The van der Waals surface area contributed by atoms with Gasteiger partial charge in [0.1, 0.15) is 11.5 Å². The fourth-order valence-electron chi connectivity index (χ4n) is 3.91. The van der Waals surface area contributed by atoms with Crippen LogP contribution in [0.3, 0.4) is 0 Å². The average molecular weight is 530 g/mol. The number of hydrogen-bond donors (Lipinski definition) is 1. The third-order valence-electron chi connectivity index (χ3n) is 5.79. The molecule has 37 heavy (non-hydrogen) atoms. The molecule has 0 saturated heterocycles. The van der Waals surface area contributed by atoms with Crippen molar-refractivity contribution in [1.82, 2.24) is 5.43 Å². The van der Waals surface area contributed by atoms with E-state index in [-0.39, 0.29) is 47.0 Å². The number of carbonyl (C=O) groups excluding carboxylic acids is 2. The second-order valence-corrected chi connectivity index (χ2v) is 8.22. The molecule has 4 rings (SSSR count). The van der Waals surface area contributed by atoms with E-state index in [2.05, 4.69) is 5.10 Å². The first-order valence-corrected chi connectivity index (χ1v) is 10.8. The molecule has 0 aliphatic heterocycles. The van der Waals surface area contributed by atoms with Crippen LogP contribution in [0.2, 0.25) is 0 Å². The van der Waals surface area contributed by atoms with Gasteiger partial charge < -0.3 is 9.15 Å². The maximum absolute atomic E-state index is 13.6. The minimum Gasteiger partial charge on any atom is -0.453 e. The smallest absolute Gasteiger partial charge is 0.453 e. The Balaban J connectivity index is 1.60. The molecule has 2 aromatic carbocycles. The van der Waals surface area contributed by atoms with E-state index in [0.29, 0.717) is 11.8 Å². The number of esters is 1. The van der Waals surface area contributed by atoms with Crippen molar-refractivity contribution in [3.8, 4) is 5.75 Å². The number of nitrogens with one attached hydrogen (secondary N) is 1. The zero-order valence-electron chi connectivity index (χ0n) is 18.9. The Kier molecular flexibility index (Phi) is 6.51. The second-order valence-electron chi connectivity index (χ2n) is 8.22. The zero-order valence-corrected chi connectivity index (χ0v) is 18.9. The molecule has 196 valence electrons. The summed E-state index contributed by atoms with van der Waals surface area (Å²) in [6.07, 6.45) is -6.04. The van der Waals surface area contributed by atoms with Crippen LogP contribution >= 0.6 is 0 Å². The molecular formula is C24H17F7N2O4. The van der Waals surface area contributed by atoms with Crippen molar-refractivity contribution < 1.29 is 49.5 Å². The van der Waals surface area contributed by atoms with Gasteiger partial charge >= 0.3 is 29.9 Å². The summed E-state index contributed by atoms with van der Waals surface area (Å²) in [5.74, 6) is -16.4. The van der Waals surface area contributed by atoms with Crippen molar-refractivity contribution >= 4 is 28.4 Å². The Morgan fingerprint density at radius 3 is 2.35 bits per heavy atom. The number of nitrogens with zero attached hydrogens (tertiary/aromatic N) is 1. The summed E-state index contributed by atoms with van der Waals surface area (Å²) in [6, 6.07) is 12.2. The lowest BCUT2D eigenvalue weighted by molar-refractivity contribution is -0.344. The van der Waals surface area contributed by atoms with Gasteiger partial charge in [-0.15, -0.1) is 0 Å². The molecule has 0 fully saturated rings. The topological polar surface area (TPSA) is 80.9 Å². The number of amides is 1. The van der Waals surface area contributed by atoms with Gasteiger partial charge in [-0.2, -0.15) is 35.8 Å². The molecule has 1 aliphatic rings. The van der Waals surface area contributed by atoms with Crippen molar-refractivity contribution in [2.75, 3.05) is 0 Å². The first-order valence-electron chi connectivity index (χ1n) is 10.8. The maximum Gasteiger partial charge on any atom is 0.460 e. The monoisotopic (exact) mass is 530 g/mol. The number of benzene rings is 2. The first-order chi connectivity index (χ1) is 17.3. The van der Waals surface area contributed by atoms with Crippen LogP contribution in [0.5, 0.6) is 5.75 Å². The quantitative estimate of drug-likeness (QED) is 0.191. The highest BCUT2D eigenvalue weighted by molar-refractivity contribution is 6.06. The molecule has 1 aliphatic carbocycles. The van der Waals surface area contributed by atoms with E-state index in [4.69, 9.17) is 9.15 Å². The molecule has 1 amide bonds. The Morgan fingerprint density at radius 2 is 1.65 bits per heavy atom. The fourth-order valence-corrected chi connectivity index (χ4v) is 3.91. The van der Waals surface area contributed by atoms with Crippen LogP contribution < -0.4 is 10.2 Å². The average Bonchev–Trinajstić information content (AvgIpc) is 3.19. The number of furan rings is 1. The van der Waals surface area contributed by atoms with Crippen LogP contribution in [0.25, 0.3) is 10.8 Å². The zero-order chi connectivity index (χ0) is 27.2. The minimum atomic E-state index is -6.67. The Morgan fingerprint density at radius 1 is 0.973 bits per heavy atom. The maximum atomic E-state index is 13.6. The Hall–Kier alpha value is -3.90. The summed E-state index contributed by atoms with van der Waals surface area (Å²) >= 11 is 0. The van der Waals surface area contributed by atoms with Gasteiger partial charge in [0.15, 0.2) is 0 Å². The van der Waals surface area contributed by atoms with Gasteiger partial charge in [-0.05, 0) is 31.2 Å². The molecule has 0 bridgehead atoms.